The van der Waals surface area contributed by atoms with E-state index in [4.69, 9.17) is 4.42 Å². The van der Waals surface area contributed by atoms with Gasteiger partial charge in [0.05, 0.1) is 11.3 Å². The standard InChI is InChI=1S/C22H19F3NOS/c1-26(14-10-12-15(13-11-14)28(2)3)19-9-5-7-17-16-6-4-8-18(22(23,24)25)20(16)27-21(17)19/h4-13H,1-3H3/q+1. The minimum absolute atomic E-state index is 0.123. The van der Waals surface area contributed by atoms with Crippen molar-refractivity contribution in [3.05, 3.63) is 66.2 Å². The number of alkyl halides is 3. The van der Waals surface area contributed by atoms with Gasteiger partial charge in [0.15, 0.2) is 10.5 Å². The Kier molecular flexibility index (Phi) is 4.54. The van der Waals surface area contributed by atoms with Crippen LogP contribution in [0.4, 0.5) is 24.5 Å². The third-order valence-electron chi connectivity index (χ3n) is 4.87. The van der Waals surface area contributed by atoms with Crippen LogP contribution in [0.15, 0.2) is 70.0 Å². The molecule has 0 bridgehead atoms. The number of fused-ring (bicyclic) bond motifs is 3. The Hall–Kier alpha value is -2.60. The van der Waals surface area contributed by atoms with Crippen LogP contribution in [0, 0.1) is 0 Å². The second kappa shape index (κ2) is 6.78. The molecule has 144 valence electrons. The molecule has 0 amide bonds. The van der Waals surface area contributed by atoms with E-state index in [1.807, 2.05) is 36.2 Å². The lowest BCUT2D eigenvalue weighted by molar-refractivity contribution is -0.136. The summed E-state index contributed by atoms with van der Waals surface area (Å²) in [6.07, 6.45) is -0.148. The van der Waals surface area contributed by atoms with Gasteiger partial charge in [-0.2, -0.15) is 13.2 Å². The van der Waals surface area contributed by atoms with Gasteiger partial charge in [0, 0.05) is 34.4 Å². The van der Waals surface area contributed by atoms with Gasteiger partial charge in [-0.05, 0) is 36.4 Å². The fourth-order valence-electron chi connectivity index (χ4n) is 3.37. The van der Waals surface area contributed by atoms with Crippen molar-refractivity contribution >= 4 is 44.2 Å². The number of para-hydroxylation sites is 2. The van der Waals surface area contributed by atoms with E-state index in [-0.39, 0.29) is 16.5 Å². The molecule has 0 aliphatic heterocycles. The monoisotopic (exact) mass is 402 g/mol. The maximum absolute atomic E-state index is 13.4. The Morgan fingerprint density at radius 1 is 0.821 bits per heavy atom. The normalized spacial score (nSPS) is 12.2. The summed E-state index contributed by atoms with van der Waals surface area (Å²) < 4.78 is 46.0. The van der Waals surface area contributed by atoms with Crippen LogP contribution in [0.3, 0.4) is 0 Å². The first-order valence-electron chi connectivity index (χ1n) is 8.70. The van der Waals surface area contributed by atoms with Gasteiger partial charge in [-0.25, -0.2) is 0 Å². The lowest BCUT2D eigenvalue weighted by Crippen LogP contribution is -2.09. The van der Waals surface area contributed by atoms with E-state index in [1.54, 1.807) is 12.1 Å². The lowest BCUT2D eigenvalue weighted by Gasteiger charge is -2.19. The zero-order valence-electron chi connectivity index (χ0n) is 15.7. The van der Waals surface area contributed by atoms with Crippen molar-refractivity contribution in [1.82, 2.24) is 0 Å². The topological polar surface area (TPSA) is 16.4 Å². The van der Waals surface area contributed by atoms with E-state index in [2.05, 4.69) is 24.6 Å². The van der Waals surface area contributed by atoms with E-state index in [0.29, 0.717) is 16.4 Å². The van der Waals surface area contributed by atoms with Gasteiger partial charge in [-0.3, -0.25) is 0 Å². The van der Waals surface area contributed by atoms with Crippen LogP contribution in [0.1, 0.15) is 5.56 Å². The first-order chi connectivity index (χ1) is 13.3. The van der Waals surface area contributed by atoms with Crippen molar-refractivity contribution in [3.8, 4) is 0 Å². The van der Waals surface area contributed by atoms with E-state index >= 15 is 0 Å². The molecule has 2 nitrogen and oxygen atoms in total. The number of halogens is 3. The van der Waals surface area contributed by atoms with Crippen molar-refractivity contribution in [1.29, 1.82) is 0 Å². The highest BCUT2D eigenvalue weighted by molar-refractivity contribution is 7.95. The van der Waals surface area contributed by atoms with Crippen molar-refractivity contribution in [2.24, 2.45) is 0 Å². The highest BCUT2D eigenvalue weighted by atomic mass is 32.2. The minimum atomic E-state index is -4.47. The molecular formula is C22H19F3NOS+. The smallest absolute Gasteiger partial charge is 0.420 e. The van der Waals surface area contributed by atoms with Crippen molar-refractivity contribution in [2.75, 3.05) is 24.5 Å². The maximum Gasteiger partial charge on any atom is 0.420 e. The van der Waals surface area contributed by atoms with E-state index in [9.17, 15) is 13.2 Å². The molecule has 0 saturated heterocycles. The zero-order valence-corrected chi connectivity index (χ0v) is 16.5. The van der Waals surface area contributed by atoms with Gasteiger partial charge in [0.1, 0.15) is 18.1 Å². The largest absolute Gasteiger partial charge is 0.453 e. The molecule has 6 heteroatoms. The van der Waals surface area contributed by atoms with E-state index in [1.165, 1.54) is 11.0 Å². The maximum atomic E-state index is 13.4. The van der Waals surface area contributed by atoms with Gasteiger partial charge in [0.25, 0.3) is 0 Å². The molecule has 0 saturated carbocycles. The molecule has 3 aromatic carbocycles. The van der Waals surface area contributed by atoms with Gasteiger partial charge in [0.2, 0.25) is 0 Å². The fraction of sp³-hybridized carbons (Fsp3) is 0.182. The molecular weight excluding hydrogens is 383 g/mol. The molecule has 0 fully saturated rings. The van der Waals surface area contributed by atoms with Crippen LogP contribution >= 0.6 is 0 Å². The molecule has 0 aliphatic rings. The van der Waals surface area contributed by atoms with Crippen molar-refractivity contribution in [2.45, 2.75) is 11.1 Å². The third kappa shape index (κ3) is 3.11. The third-order valence-corrected chi connectivity index (χ3v) is 6.08. The van der Waals surface area contributed by atoms with Crippen molar-refractivity contribution < 1.29 is 17.6 Å². The second-order valence-electron chi connectivity index (χ2n) is 6.81. The summed E-state index contributed by atoms with van der Waals surface area (Å²) >= 11 is 0. The molecule has 0 unspecified atom stereocenters. The van der Waals surface area contributed by atoms with Gasteiger partial charge >= 0.3 is 6.18 Å². The van der Waals surface area contributed by atoms with Crippen LogP contribution in [-0.4, -0.2) is 19.6 Å². The van der Waals surface area contributed by atoms with Gasteiger partial charge < -0.3 is 9.32 Å². The number of hydrogen-bond acceptors (Lipinski definition) is 2. The summed E-state index contributed by atoms with van der Waals surface area (Å²) in [5.74, 6) is 0. The molecule has 4 aromatic rings. The average molecular weight is 402 g/mol. The lowest BCUT2D eigenvalue weighted by atomic mass is 10.1. The Bertz CT molecular complexity index is 1150. The van der Waals surface area contributed by atoms with Crippen LogP contribution in [0.5, 0.6) is 0 Å². The summed E-state index contributed by atoms with van der Waals surface area (Å²) in [5, 5.41) is 1.14. The van der Waals surface area contributed by atoms with Crippen molar-refractivity contribution in [3.63, 3.8) is 0 Å². The van der Waals surface area contributed by atoms with Crippen LogP contribution in [0.25, 0.3) is 21.9 Å². The minimum Gasteiger partial charge on any atom is -0.453 e. The van der Waals surface area contributed by atoms with E-state index in [0.717, 1.165) is 17.4 Å². The van der Waals surface area contributed by atoms with E-state index < -0.39 is 11.7 Å². The van der Waals surface area contributed by atoms with Gasteiger partial charge in [-0.1, -0.05) is 24.3 Å². The van der Waals surface area contributed by atoms with Crippen LogP contribution < -0.4 is 4.90 Å². The molecule has 0 spiro atoms. The van der Waals surface area contributed by atoms with Crippen LogP contribution in [-0.2, 0) is 17.1 Å². The SMILES string of the molecule is CN(c1ccc([S+](C)C)cc1)c1cccc2c1oc1c(C(F)(F)F)cccc12. The Morgan fingerprint density at radius 2 is 1.43 bits per heavy atom. The molecule has 28 heavy (non-hydrogen) atoms. The molecule has 1 heterocycles. The zero-order chi connectivity index (χ0) is 20.1. The summed E-state index contributed by atoms with van der Waals surface area (Å²) in [7, 11) is 2.06. The summed E-state index contributed by atoms with van der Waals surface area (Å²) in [4.78, 5) is 3.19. The molecule has 0 radical (unpaired) electrons. The first-order valence-corrected chi connectivity index (χ1v) is 10.7. The molecule has 1 aromatic heterocycles. The predicted molar refractivity (Wildman–Crippen MR) is 111 cm³/mol. The highest BCUT2D eigenvalue weighted by Crippen LogP contribution is 2.42. The molecule has 0 N–H and O–H groups in total. The first kappa shape index (κ1) is 18.7. The molecule has 0 aliphatic carbocycles. The summed E-state index contributed by atoms with van der Waals surface area (Å²) in [6, 6.07) is 17.8. The number of rotatable bonds is 3. The average Bonchev–Trinajstić information content (AvgIpc) is 3.05. The highest BCUT2D eigenvalue weighted by Gasteiger charge is 2.34. The quantitative estimate of drug-likeness (QED) is 0.359. The number of nitrogens with zero attached hydrogens (tertiary/aromatic N) is 1. The Labute approximate surface area is 163 Å². The summed E-state index contributed by atoms with van der Waals surface area (Å²) in [5.41, 5.74) is 1.24. The second-order valence-corrected chi connectivity index (χ2v) is 8.91. The Balaban J connectivity index is 1.88. The Morgan fingerprint density at radius 3 is 2.04 bits per heavy atom. The number of benzene rings is 3. The van der Waals surface area contributed by atoms with Crippen LogP contribution in [0.2, 0.25) is 0 Å². The summed E-state index contributed by atoms with van der Waals surface area (Å²) in [6.45, 7) is 0. The number of anilines is 2. The van der Waals surface area contributed by atoms with Gasteiger partial charge in [-0.15, -0.1) is 0 Å². The fourth-order valence-corrected chi connectivity index (χ4v) is 4.05. The predicted octanol–water partition coefficient (Wildman–Crippen LogP) is 6.61. The number of furan rings is 1. The molecule has 4 rings (SSSR count). The number of hydrogen-bond donors (Lipinski definition) is 0. The molecule has 0 atom stereocenters.